The quantitative estimate of drug-likeness (QED) is 0.797. The van der Waals surface area contributed by atoms with Crippen LogP contribution in [0, 0.1) is 11.7 Å². The van der Waals surface area contributed by atoms with E-state index in [1.807, 2.05) is 17.2 Å². The fourth-order valence-electron chi connectivity index (χ4n) is 2.94. The highest BCUT2D eigenvalue weighted by atomic mass is 32.2. The van der Waals surface area contributed by atoms with Gasteiger partial charge in [0.1, 0.15) is 5.82 Å². The van der Waals surface area contributed by atoms with Crippen molar-refractivity contribution in [3.05, 3.63) is 35.6 Å². The van der Waals surface area contributed by atoms with Crippen LogP contribution in [0.3, 0.4) is 0 Å². The van der Waals surface area contributed by atoms with E-state index in [4.69, 9.17) is 0 Å². The number of piperidine rings is 1. The number of likely N-dealkylation sites (tertiary alicyclic amines) is 1. The first-order valence-electron chi connectivity index (χ1n) is 7.70. The Morgan fingerprint density at radius 2 is 2.33 bits per heavy atom. The van der Waals surface area contributed by atoms with Crippen molar-refractivity contribution in [3.8, 4) is 0 Å². The third-order valence-electron chi connectivity index (χ3n) is 4.12. The number of carbonyl (C=O) groups is 1. The lowest BCUT2D eigenvalue weighted by molar-refractivity contribution is -0.132. The third-order valence-corrected chi connectivity index (χ3v) is 4.73. The Bertz CT molecular complexity index is 466. The fraction of sp³-hybridized carbons (Fsp3) is 0.588. The summed E-state index contributed by atoms with van der Waals surface area (Å²) < 4.78 is 13.2. The Kier molecular flexibility index (Phi) is 6.55. The van der Waals surface area contributed by atoms with E-state index < -0.39 is 0 Å². The molecule has 1 atom stereocenters. The first-order valence-corrected chi connectivity index (χ1v) is 9.09. The van der Waals surface area contributed by atoms with Gasteiger partial charge in [0.2, 0.25) is 5.91 Å². The Hall–Kier alpha value is -1.03. The smallest absolute Gasteiger partial charge is 0.223 e. The zero-order valence-corrected chi connectivity index (χ0v) is 13.5. The highest BCUT2D eigenvalue weighted by Gasteiger charge is 2.22. The third kappa shape index (κ3) is 5.34. The number of aryl methyl sites for hydroxylation is 1. The van der Waals surface area contributed by atoms with E-state index in [9.17, 15) is 9.18 Å². The first kappa shape index (κ1) is 16.3. The predicted molar refractivity (Wildman–Crippen MR) is 87.0 cm³/mol. The molecular formula is C17H24FNOS. The molecule has 4 heteroatoms. The number of hydrogen-bond acceptors (Lipinski definition) is 2. The van der Waals surface area contributed by atoms with Crippen LogP contribution in [0.25, 0.3) is 0 Å². The molecule has 0 spiro atoms. The van der Waals surface area contributed by atoms with Gasteiger partial charge in [-0.25, -0.2) is 4.39 Å². The van der Waals surface area contributed by atoms with E-state index >= 15 is 0 Å². The highest BCUT2D eigenvalue weighted by Crippen LogP contribution is 2.22. The normalized spacial score (nSPS) is 18.8. The molecule has 0 aliphatic carbocycles. The summed E-state index contributed by atoms with van der Waals surface area (Å²) in [4.78, 5) is 14.1. The molecule has 2 nitrogen and oxygen atoms in total. The summed E-state index contributed by atoms with van der Waals surface area (Å²) in [5.74, 6) is 1.59. The number of rotatable bonds is 6. The van der Waals surface area contributed by atoms with Gasteiger partial charge in [-0.2, -0.15) is 11.8 Å². The molecule has 1 aromatic carbocycles. The second-order valence-electron chi connectivity index (χ2n) is 5.76. The lowest BCUT2D eigenvalue weighted by Crippen LogP contribution is -2.40. The second kappa shape index (κ2) is 8.42. The van der Waals surface area contributed by atoms with Gasteiger partial charge in [0, 0.05) is 25.3 Å². The average molecular weight is 309 g/mol. The summed E-state index contributed by atoms with van der Waals surface area (Å²) in [6.45, 7) is 1.78. The van der Waals surface area contributed by atoms with Gasteiger partial charge >= 0.3 is 0 Å². The van der Waals surface area contributed by atoms with E-state index in [-0.39, 0.29) is 5.82 Å². The Morgan fingerprint density at radius 1 is 1.48 bits per heavy atom. The molecule has 0 N–H and O–H groups in total. The van der Waals surface area contributed by atoms with E-state index in [0.717, 1.165) is 43.7 Å². The maximum absolute atomic E-state index is 13.2. The van der Waals surface area contributed by atoms with E-state index in [1.165, 1.54) is 12.5 Å². The number of thioether (sulfide) groups is 1. The maximum Gasteiger partial charge on any atom is 0.223 e. The van der Waals surface area contributed by atoms with Crippen LogP contribution in [0.5, 0.6) is 0 Å². The largest absolute Gasteiger partial charge is 0.342 e. The topological polar surface area (TPSA) is 20.3 Å². The minimum absolute atomic E-state index is 0.162. The van der Waals surface area contributed by atoms with Crippen LogP contribution in [0.4, 0.5) is 4.39 Å². The van der Waals surface area contributed by atoms with Crippen molar-refractivity contribution in [3.63, 3.8) is 0 Å². The minimum atomic E-state index is -0.162. The SMILES string of the molecule is CSCCC(=O)N1CCC[C@@H](CCc2cccc(F)c2)C1. The molecule has 2 rings (SSSR count). The average Bonchev–Trinajstić information content (AvgIpc) is 2.51. The molecule has 116 valence electrons. The van der Waals surface area contributed by atoms with Crippen LogP contribution in [0.2, 0.25) is 0 Å². The molecule has 1 aromatic rings. The molecule has 21 heavy (non-hydrogen) atoms. The molecule has 0 bridgehead atoms. The molecule has 1 heterocycles. The van der Waals surface area contributed by atoms with Crippen LogP contribution in [0.15, 0.2) is 24.3 Å². The number of nitrogens with zero attached hydrogens (tertiary/aromatic N) is 1. The van der Waals surface area contributed by atoms with Gasteiger partial charge < -0.3 is 4.90 Å². The fourth-order valence-corrected chi connectivity index (χ4v) is 3.32. The van der Waals surface area contributed by atoms with Gasteiger partial charge in [-0.15, -0.1) is 0 Å². The molecule has 1 saturated heterocycles. The molecule has 0 aromatic heterocycles. The Labute approximate surface area is 131 Å². The summed E-state index contributed by atoms with van der Waals surface area (Å²) >= 11 is 1.72. The lowest BCUT2D eigenvalue weighted by Gasteiger charge is -2.33. The number of carbonyl (C=O) groups excluding carboxylic acids is 1. The molecule has 0 saturated carbocycles. The van der Waals surface area contributed by atoms with Crippen LogP contribution in [-0.2, 0) is 11.2 Å². The Balaban J connectivity index is 1.80. The first-order chi connectivity index (χ1) is 10.2. The van der Waals surface area contributed by atoms with Crippen molar-refractivity contribution in [1.29, 1.82) is 0 Å². The summed E-state index contributed by atoms with van der Waals surface area (Å²) in [7, 11) is 0. The van der Waals surface area contributed by atoms with Gasteiger partial charge in [0.15, 0.2) is 0 Å². The molecular weight excluding hydrogens is 285 g/mol. The zero-order chi connectivity index (χ0) is 15.1. The van der Waals surface area contributed by atoms with Crippen molar-refractivity contribution in [2.45, 2.75) is 32.1 Å². The summed E-state index contributed by atoms with van der Waals surface area (Å²) in [6.07, 6.45) is 6.90. The molecule has 1 fully saturated rings. The molecule has 1 amide bonds. The van der Waals surface area contributed by atoms with Gasteiger partial charge in [-0.1, -0.05) is 12.1 Å². The molecule has 0 unspecified atom stereocenters. The van der Waals surface area contributed by atoms with Crippen molar-refractivity contribution in [1.82, 2.24) is 4.90 Å². The van der Waals surface area contributed by atoms with Gasteiger partial charge in [0.05, 0.1) is 0 Å². The Morgan fingerprint density at radius 3 is 3.10 bits per heavy atom. The molecule has 1 aliphatic rings. The van der Waals surface area contributed by atoms with Crippen molar-refractivity contribution < 1.29 is 9.18 Å². The van der Waals surface area contributed by atoms with Crippen molar-refractivity contribution in [2.24, 2.45) is 5.92 Å². The summed E-state index contributed by atoms with van der Waals surface area (Å²) in [6, 6.07) is 6.84. The van der Waals surface area contributed by atoms with E-state index in [0.29, 0.717) is 18.2 Å². The highest BCUT2D eigenvalue weighted by molar-refractivity contribution is 7.98. The van der Waals surface area contributed by atoms with E-state index in [2.05, 4.69) is 0 Å². The van der Waals surface area contributed by atoms with Crippen LogP contribution in [-0.4, -0.2) is 35.9 Å². The second-order valence-corrected chi connectivity index (χ2v) is 6.75. The van der Waals surface area contributed by atoms with Crippen molar-refractivity contribution >= 4 is 17.7 Å². The molecule has 1 aliphatic heterocycles. The van der Waals surface area contributed by atoms with Gasteiger partial charge in [0.25, 0.3) is 0 Å². The number of hydrogen-bond donors (Lipinski definition) is 0. The maximum atomic E-state index is 13.2. The van der Waals surface area contributed by atoms with E-state index in [1.54, 1.807) is 23.9 Å². The van der Waals surface area contributed by atoms with Crippen LogP contribution < -0.4 is 0 Å². The lowest BCUT2D eigenvalue weighted by atomic mass is 9.91. The number of benzene rings is 1. The minimum Gasteiger partial charge on any atom is -0.342 e. The van der Waals surface area contributed by atoms with Crippen LogP contribution in [0.1, 0.15) is 31.2 Å². The van der Waals surface area contributed by atoms with Crippen molar-refractivity contribution in [2.75, 3.05) is 25.1 Å². The predicted octanol–water partition coefficient (Wildman–Crippen LogP) is 3.75. The summed E-state index contributed by atoms with van der Waals surface area (Å²) in [5, 5.41) is 0. The van der Waals surface area contributed by atoms with Gasteiger partial charge in [-0.3, -0.25) is 4.79 Å². The van der Waals surface area contributed by atoms with Crippen LogP contribution >= 0.6 is 11.8 Å². The number of halogens is 1. The number of amides is 1. The summed E-state index contributed by atoms with van der Waals surface area (Å²) in [5.41, 5.74) is 1.06. The monoisotopic (exact) mass is 309 g/mol. The molecule has 0 radical (unpaired) electrons. The zero-order valence-electron chi connectivity index (χ0n) is 12.7. The standard InChI is InChI=1S/C17H24FNOS/c1-21-11-9-17(20)19-10-3-5-15(13-19)8-7-14-4-2-6-16(18)12-14/h2,4,6,12,15H,3,5,7-11,13H2,1H3/t15-/m0/s1. The van der Waals surface area contributed by atoms with Gasteiger partial charge in [-0.05, 0) is 55.6 Å².